The van der Waals surface area contributed by atoms with Crippen LogP contribution in [0.15, 0.2) is 36.4 Å². The summed E-state index contributed by atoms with van der Waals surface area (Å²) in [7, 11) is 1.56. The maximum atomic E-state index is 13.9. The summed E-state index contributed by atoms with van der Waals surface area (Å²) < 4.78 is 30.4. The lowest BCUT2D eigenvalue weighted by Gasteiger charge is -2.27. The number of carbonyl (C=O) groups is 1. The highest BCUT2D eigenvalue weighted by molar-refractivity contribution is 5.77. The minimum atomic E-state index is -0.439. The van der Waals surface area contributed by atoms with Gasteiger partial charge < -0.3 is 19.5 Å². The minimum absolute atomic E-state index is 0.0803. The Kier molecular flexibility index (Phi) is 5.73. The predicted molar refractivity (Wildman–Crippen MR) is 94.7 cm³/mol. The van der Waals surface area contributed by atoms with Crippen LogP contribution < -0.4 is 14.8 Å². The van der Waals surface area contributed by atoms with Gasteiger partial charge >= 0.3 is 5.97 Å². The zero-order valence-corrected chi connectivity index (χ0v) is 14.9. The molecule has 0 bridgehead atoms. The second-order valence-corrected chi connectivity index (χ2v) is 6.00. The second-order valence-electron chi connectivity index (χ2n) is 6.00. The van der Waals surface area contributed by atoms with E-state index in [-0.39, 0.29) is 18.4 Å². The highest BCUT2D eigenvalue weighted by Gasteiger charge is 2.29. The fourth-order valence-corrected chi connectivity index (χ4v) is 3.04. The number of hydrogen-bond acceptors (Lipinski definition) is 5. The maximum Gasteiger partial charge on any atom is 0.323 e. The largest absolute Gasteiger partial charge is 0.493 e. The molecular formula is C20H22FNO4. The van der Waals surface area contributed by atoms with Crippen molar-refractivity contribution in [1.82, 2.24) is 5.32 Å². The van der Waals surface area contributed by atoms with Crippen molar-refractivity contribution >= 4 is 5.97 Å². The standard InChI is InChI=1S/C20H22FNO4/c1-3-25-20(23)17-10-15-13(11-22-17)8-9-18(24-2)19(15)26-12-14-6-4-5-7-16(14)21/h4-9,17,22H,3,10-12H2,1-2H3/t17-/m0/s1. The lowest BCUT2D eigenvalue weighted by Crippen LogP contribution is -2.42. The van der Waals surface area contributed by atoms with Crippen molar-refractivity contribution < 1.29 is 23.4 Å². The Morgan fingerprint density at radius 3 is 2.81 bits per heavy atom. The van der Waals surface area contributed by atoms with Gasteiger partial charge in [0.15, 0.2) is 11.5 Å². The third-order valence-corrected chi connectivity index (χ3v) is 4.39. The van der Waals surface area contributed by atoms with Crippen LogP contribution in [0, 0.1) is 5.82 Å². The third kappa shape index (κ3) is 3.80. The van der Waals surface area contributed by atoms with Gasteiger partial charge in [-0.1, -0.05) is 24.3 Å². The highest BCUT2D eigenvalue weighted by atomic mass is 19.1. The first kappa shape index (κ1) is 18.2. The third-order valence-electron chi connectivity index (χ3n) is 4.39. The van der Waals surface area contributed by atoms with Gasteiger partial charge in [0.2, 0.25) is 0 Å². The SMILES string of the molecule is CCOC(=O)[C@@H]1Cc2c(ccc(OC)c2OCc2ccccc2F)CN1. The number of ether oxygens (including phenoxy) is 3. The molecule has 0 unspecified atom stereocenters. The molecule has 0 fully saturated rings. The Balaban J connectivity index is 1.87. The van der Waals surface area contributed by atoms with E-state index in [0.717, 1.165) is 11.1 Å². The lowest BCUT2D eigenvalue weighted by atomic mass is 9.94. The first-order valence-electron chi connectivity index (χ1n) is 8.59. The van der Waals surface area contributed by atoms with Crippen LogP contribution >= 0.6 is 0 Å². The molecule has 0 saturated heterocycles. The zero-order valence-electron chi connectivity index (χ0n) is 14.9. The molecule has 1 aliphatic heterocycles. The average molecular weight is 359 g/mol. The van der Waals surface area contributed by atoms with E-state index in [1.165, 1.54) is 6.07 Å². The van der Waals surface area contributed by atoms with Crippen molar-refractivity contribution in [3.05, 3.63) is 58.9 Å². The number of halogens is 1. The Morgan fingerprint density at radius 1 is 1.27 bits per heavy atom. The van der Waals surface area contributed by atoms with Crippen LogP contribution in [0.3, 0.4) is 0 Å². The Bertz CT molecular complexity index is 793. The molecule has 3 rings (SSSR count). The number of hydrogen-bond donors (Lipinski definition) is 1. The van der Waals surface area contributed by atoms with Gasteiger partial charge in [-0.2, -0.15) is 0 Å². The van der Waals surface area contributed by atoms with E-state index in [4.69, 9.17) is 14.2 Å². The van der Waals surface area contributed by atoms with E-state index in [1.807, 2.05) is 12.1 Å². The number of carbonyl (C=O) groups excluding carboxylic acids is 1. The predicted octanol–water partition coefficient (Wildman–Crippen LogP) is 2.99. The summed E-state index contributed by atoms with van der Waals surface area (Å²) in [5, 5.41) is 3.18. The van der Waals surface area contributed by atoms with Gasteiger partial charge in [-0.15, -0.1) is 0 Å². The molecule has 0 radical (unpaired) electrons. The average Bonchev–Trinajstić information content (AvgIpc) is 2.66. The summed E-state index contributed by atoms with van der Waals surface area (Å²) >= 11 is 0. The summed E-state index contributed by atoms with van der Waals surface area (Å²) in [6, 6.07) is 9.81. The van der Waals surface area contributed by atoms with Gasteiger partial charge in [0.05, 0.1) is 13.7 Å². The quantitative estimate of drug-likeness (QED) is 0.804. The Hall–Kier alpha value is -2.60. The smallest absolute Gasteiger partial charge is 0.323 e. The monoisotopic (exact) mass is 359 g/mol. The molecule has 1 heterocycles. The van der Waals surface area contributed by atoms with Gasteiger partial charge in [0.1, 0.15) is 18.5 Å². The van der Waals surface area contributed by atoms with Crippen LogP contribution in [0.1, 0.15) is 23.6 Å². The number of rotatable bonds is 6. The zero-order chi connectivity index (χ0) is 18.5. The van der Waals surface area contributed by atoms with E-state index < -0.39 is 6.04 Å². The summed E-state index contributed by atoms with van der Waals surface area (Å²) in [5.41, 5.74) is 2.37. The molecule has 1 atom stereocenters. The normalized spacial score (nSPS) is 15.9. The molecule has 0 aliphatic carbocycles. The van der Waals surface area contributed by atoms with Gasteiger partial charge in [-0.3, -0.25) is 4.79 Å². The van der Waals surface area contributed by atoms with Gasteiger partial charge in [-0.25, -0.2) is 4.39 Å². The lowest BCUT2D eigenvalue weighted by molar-refractivity contribution is -0.145. The number of benzene rings is 2. The van der Waals surface area contributed by atoms with E-state index in [2.05, 4.69) is 5.32 Å². The molecule has 0 amide bonds. The van der Waals surface area contributed by atoms with Crippen LogP contribution in [-0.2, 0) is 29.1 Å². The molecule has 138 valence electrons. The molecule has 2 aromatic carbocycles. The van der Waals surface area contributed by atoms with Crippen molar-refractivity contribution in [3.8, 4) is 11.5 Å². The summed E-state index contributed by atoms with van der Waals surface area (Å²) in [6.07, 6.45) is 0.429. The van der Waals surface area contributed by atoms with Crippen LogP contribution in [0.2, 0.25) is 0 Å². The first-order valence-corrected chi connectivity index (χ1v) is 8.59. The Morgan fingerprint density at radius 2 is 2.08 bits per heavy atom. The molecule has 6 heteroatoms. The van der Waals surface area contributed by atoms with Gasteiger partial charge in [0.25, 0.3) is 0 Å². The highest BCUT2D eigenvalue weighted by Crippen LogP contribution is 2.37. The van der Waals surface area contributed by atoms with E-state index >= 15 is 0 Å². The molecule has 1 N–H and O–H groups in total. The Labute approximate surface area is 152 Å². The fraction of sp³-hybridized carbons (Fsp3) is 0.350. The van der Waals surface area contributed by atoms with Crippen LogP contribution in [0.4, 0.5) is 4.39 Å². The molecule has 0 aromatic heterocycles. The number of nitrogens with one attached hydrogen (secondary N) is 1. The molecule has 0 saturated carbocycles. The number of methoxy groups -OCH3 is 1. The second kappa shape index (κ2) is 8.19. The van der Waals surface area contributed by atoms with E-state index in [0.29, 0.717) is 36.6 Å². The topological polar surface area (TPSA) is 56.8 Å². The molecule has 2 aromatic rings. The number of fused-ring (bicyclic) bond motifs is 1. The summed E-state index contributed by atoms with van der Waals surface area (Å²) in [4.78, 5) is 12.1. The van der Waals surface area contributed by atoms with Crippen molar-refractivity contribution in [2.24, 2.45) is 0 Å². The van der Waals surface area contributed by atoms with E-state index in [1.54, 1.807) is 32.2 Å². The van der Waals surface area contributed by atoms with Crippen LogP contribution in [0.25, 0.3) is 0 Å². The summed E-state index contributed by atoms with van der Waals surface area (Å²) in [6.45, 7) is 2.72. The first-order chi connectivity index (χ1) is 12.6. The van der Waals surface area contributed by atoms with Crippen molar-refractivity contribution in [1.29, 1.82) is 0 Å². The van der Waals surface area contributed by atoms with E-state index in [9.17, 15) is 9.18 Å². The van der Waals surface area contributed by atoms with Gasteiger partial charge in [-0.05, 0) is 24.6 Å². The molecule has 5 nitrogen and oxygen atoms in total. The van der Waals surface area contributed by atoms with Crippen LogP contribution in [0.5, 0.6) is 11.5 Å². The number of esters is 1. The maximum absolute atomic E-state index is 13.9. The minimum Gasteiger partial charge on any atom is -0.493 e. The summed E-state index contributed by atoms with van der Waals surface area (Å²) in [5.74, 6) is 0.497. The molecular weight excluding hydrogens is 337 g/mol. The molecule has 1 aliphatic rings. The van der Waals surface area contributed by atoms with Crippen molar-refractivity contribution in [2.75, 3.05) is 13.7 Å². The van der Waals surface area contributed by atoms with Crippen molar-refractivity contribution in [2.45, 2.75) is 32.5 Å². The molecule has 26 heavy (non-hydrogen) atoms. The fourth-order valence-electron chi connectivity index (χ4n) is 3.04. The van der Waals surface area contributed by atoms with Crippen LogP contribution in [-0.4, -0.2) is 25.7 Å². The molecule has 0 spiro atoms. The van der Waals surface area contributed by atoms with Crippen molar-refractivity contribution in [3.63, 3.8) is 0 Å². The van der Waals surface area contributed by atoms with Gasteiger partial charge in [0, 0.05) is 24.1 Å².